The van der Waals surface area contributed by atoms with Crippen molar-refractivity contribution in [1.82, 2.24) is 0 Å². The van der Waals surface area contributed by atoms with E-state index in [4.69, 9.17) is 44.3 Å². The average Bonchev–Trinajstić information content (AvgIpc) is 2.50. The number of ether oxygens (including phenoxy) is 2. The highest BCUT2D eigenvalue weighted by Crippen LogP contribution is 2.27. The van der Waals surface area contributed by atoms with E-state index in [0.717, 1.165) is 11.3 Å². The molecule has 116 valence electrons. The molecule has 0 saturated heterocycles. The molecule has 5 heteroatoms. The highest BCUT2D eigenvalue weighted by molar-refractivity contribution is 6.35. The van der Waals surface area contributed by atoms with E-state index in [1.54, 1.807) is 24.3 Å². The van der Waals surface area contributed by atoms with Crippen molar-refractivity contribution in [2.75, 3.05) is 13.2 Å². The lowest BCUT2D eigenvalue weighted by atomic mass is 10.2. The Morgan fingerprint density at radius 1 is 0.955 bits per heavy atom. The second-order valence-electron chi connectivity index (χ2n) is 4.43. The fourth-order valence-corrected chi connectivity index (χ4v) is 2.48. The maximum Gasteiger partial charge on any atom is 0.123 e. The maximum atomic E-state index is 6.18. The van der Waals surface area contributed by atoms with E-state index in [1.807, 2.05) is 31.2 Å². The summed E-state index contributed by atoms with van der Waals surface area (Å²) in [5, 5.41) is 1.83. The lowest BCUT2D eigenvalue weighted by Crippen LogP contribution is -2.06. The zero-order valence-electron chi connectivity index (χ0n) is 12.0. The maximum absolute atomic E-state index is 6.18. The van der Waals surface area contributed by atoms with Crippen LogP contribution in [0.1, 0.15) is 12.5 Å². The summed E-state index contributed by atoms with van der Waals surface area (Å²) in [5.74, 6) is 1.45. The Hall–Kier alpha value is -1.35. The molecule has 0 unspecified atom stereocenters. The van der Waals surface area contributed by atoms with Crippen LogP contribution in [-0.2, 0) is 4.74 Å². The van der Waals surface area contributed by atoms with Gasteiger partial charge in [-0.3, -0.25) is 0 Å². The topological polar surface area (TPSA) is 18.5 Å². The van der Waals surface area contributed by atoms with Gasteiger partial charge in [0, 0.05) is 15.6 Å². The average molecular weight is 358 g/mol. The highest BCUT2D eigenvalue weighted by atomic mass is 35.5. The van der Waals surface area contributed by atoms with Gasteiger partial charge in [0.2, 0.25) is 0 Å². The van der Waals surface area contributed by atoms with Crippen LogP contribution in [0.25, 0.3) is 5.76 Å². The Kier molecular flexibility index (Phi) is 6.44. The molecular formula is C17H15Cl3O2. The van der Waals surface area contributed by atoms with Gasteiger partial charge in [0.1, 0.15) is 24.7 Å². The molecule has 0 aliphatic rings. The quantitative estimate of drug-likeness (QED) is 0.459. The number of hydrogen-bond acceptors (Lipinski definition) is 2. The van der Waals surface area contributed by atoms with Crippen LogP contribution in [0.2, 0.25) is 15.1 Å². The van der Waals surface area contributed by atoms with Crippen LogP contribution >= 0.6 is 34.8 Å². The van der Waals surface area contributed by atoms with Gasteiger partial charge in [-0.1, -0.05) is 34.8 Å². The van der Waals surface area contributed by atoms with Crippen molar-refractivity contribution in [3.63, 3.8) is 0 Å². The van der Waals surface area contributed by atoms with Gasteiger partial charge in [0.15, 0.2) is 0 Å². The molecule has 2 aromatic rings. The van der Waals surface area contributed by atoms with E-state index in [1.165, 1.54) is 0 Å². The molecule has 0 radical (unpaired) electrons. The van der Waals surface area contributed by atoms with Gasteiger partial charge in [0.25, 0.3) is 0 Å². The summed E-state index contributed by atoms with van der Waals surface area (Å²) in [5.41, 5.74) is 0.806. The molecule has 0 bridgehead atoms. The van der Waals surface area contributed by atoms with E-state index in [2.05, 4.69) is 0 Å². The molecule has 0 saturated carbocycles. The molecule has 0 heterocycles. The molecular weight excluding hydrogens is 343 g/mol. The predicted molar refractivity (Wildman–Crippen MR) is 93.0 cm³/mol. The van der Waals surface area contributed by atoms with Crippen molar-refractivity contribution in [1.29, 1.82) is 0 Å². The van der Waals surface area contributed by atoms with Crippen LogP contribution < -0.4 is 4.74 Å². The second kappa shape index (κ2) is 8.33. The minimum absolute atomic E-state index is 0.404. The molecule has 0 aromatic heterocycles. The first kappa shape index (κ1) is 17.0. The van der Waals surface area contributed by atoms with Gasteiger partial charge in [-0.05, 0) is 55.5 Å². The minimum atomic E-state index is 0.404. The molecule has 0 N–H and O–H groups in total. The summed E-state index contributed by atoms with van der Waals surface area (Å²) in [6.07, 6.45) is 1.86. The molecule has 0 aliphatic heterocycles. The van der Waals surface area contributed by atoms with Crippen molar-refractivity contribution >= 4 is 40.6 Å². The Balaban J connectivity index is 1.88. The summed E-state index contributed by atoms with van der Waals surface area (Å²) in [6, 6.07) is 12.5. The molecule has 0 aliphatic carbocycles. The van der Waals surface area contributed by atoms with Crippen molar-refractivity contribution < 1.29 is 9.47 Å². The van der Waals surface area contributed by atoms with Crippen LogP contribution in [-0.4, -0.2) is 13.2 Å². The van der Waals surface area contributed by atoms with Gasteiger partial charge in [-0.2, -0.15) is 0 Å². The van der Waals surface area contributed by atoms with Crippen molar-refractivity contribution in [2.24, 2.45) is 0 Å². The monoisotopic (exact) mass is 356 g/mol. The number of halogens is 3. The van der Waals surface area contributed by atoms with E-state index in [9.17, 15) is 0 Å². The summed E-state index contributed by atoms with van der Waals surface area (Å²) >= 11 is 17.9. The van der Waals surface area contributed by atoms with Gasteiger partial charge < -0.3 is 9.47 Å². The standard InChI is InChI=1S/C17H15Cl3O2/c1-2-17(15-8-5-13(19)11-16(15)20)22-10-9-21-14-6-3-12(18)4-7-14/h2-8,11H,9-10H2,1H3. The van der Waals surface area contributed by atoms with E-state index < -0.39 is 0 Å². The minimum Gasteiger partial charge on any atom is -0.490 e. The van der Waals surface area contributed by atoms with Crippen LogP contribution in [0.15, 0.2) is 48.5 Å². The zero-order chi connectivity index (χ0) is 15.9. The summed E-state index contributed by atoms with van der Waals surface area (Å²) < 4.78 is 11.3. The van der Waals surface area contributed by atoms with Gasteiger partial charge in [-0.15, -0.1) is 0 Å². The third-order valence-corrected chi connectivity index (χ3v) is 3.68. The normalized spacial score (nSPS) is 11.4. The number of hydrogen-bond donors (Lipinski definition) is 0. The van der Waals surface area contributed by atoms with Crippen LogP contribution in [0.3, 0.4) is 0 Å². The Morgan fingerprint density at radius 2 is 1.64 bits per heavy atom. The molecule has 22 heavy (non-hydrogen) atoms. The third kappa shape index (κ3) is 4.84. The number of allylic oxidation sites excluding steroid dienone is 1. The summed E-state index contributed by atoms with van der Waals surface area (Å²) in [7, 11) is 0. The zero-order valence-corrected chi connectivity index (χ0v) is 14.3. The third-order valence-electron chi connectivity index (χ3n) is 2.88. The van der Waals surface area contributed by atoms with Crippen LogP contribution in [0, 0.1) is 0 Å². The Morgan fingerprint density at radius 3 is 2.27 bits per heavy atom. The van der Waals surface area contributed by atoms with Gasteiger partial charge in [-0.25, -0.2) is 0 Å². The number of benzene rings is 2. The first-order chi connectivity index (χ1) is 10.6. The Labute approximate surface area is 145 Å². The predicted octanol–water partition coefficient (Wildman–Crippen LogP) is 6.10. The van der Waals surface area contributed by atoms with E-state index in [-0.39, 0.29) is 0 Å². The molecule has 2 rings (SSSR count). The van der Waals surface area contributed by atoms with Crippen LogP contribution in [0.5, 0.6) is 5.75 Å². The fourth-order valence-electron chi connectivity index (χ4n) is 1.85. The molecule has 0 atom stereocenters. The van der Waals surface area contributed by atoms with Gasteiger partial charge >= 0.3 is 0 Å². The first-order valence-corrected chi connectivity index (χ1v) is 7.86. The largest absolute Gasteiger partial charge is 0.490 e. The number of rotatable bonds is 6. The fraction of sp³-hybridized carbons (Fsp3) is 0.176. The first-order valence-electron chi connectivity index (χ1n) is 6.73. The lowest BCUT2D eigenvalue weighted by molar-refractivity contribution is 0.194. The molecule has 0 fully saturated rings. The highest BCUT2D eigenvalue weighted by Gasteiger charge is 2.08. The lowest BCUT2D eigenvalue weighted by Gasteiger charge is -2.13. The molecule has 2 aromatic carbocycles. The van der Waals surface area contributed by atoms with Crippen molar-refractivity contribution in [3.05, 3.63) is 69.2 Å². The summed E-state index contributed by atoms with van der Waals surface area (Å²) in [4.78, 5) is 0. The van der Waals surface area contributed by atoms with Crippen molar-refractivity contribution in [3.8, 4) is 5.75 Å². The van der Waals surface area contributed by atoms with E-state index in [0.29, 0.717) is 34.0 Å². The van der Waals surface area contributed by atoms with Crippen molar-refractivity contribution in [2.45, 2.75) is 6.92 Å². The molecule has 2 nitrogen and oxygen atoms in total. The van der Waals surface area contributed by atoms with Gasteiger partial charge in [0.05, 0.1) is 5.02 Å². The smallest absolute Gasteiger partial charge is 0.123 e. The second-order valence-corrected chi connectivity index (χ2v) is 5.71. The molecule has 0 amide bonds. The van der Waals surface area contributed by atoms with E-state index >= 15 is 0 Å². The summed E-state index contributed by atoms with van der Waals surface area (Å²) in [6.45, 7) is 2.71. The SMILES string of the molecule is CC=C(OCCOc1ccc(Cl)cc1)c1ccc(Cl)cc1Cl. The molecule has 0 spiro atoms. The Bertz CT molecular complexity index is 651. The van der Waals surface area contributed by atoms with Crippen LogP contribution in [0.4, 0.5) is 0 Å².